The Morgan fingerprint density at radius 3 is 2.84 bits per heavy atom. The Hall–Kier alpha value is -1.22. The summed E-state index contributed by atoms with van der Waals surface area (Å²) in [6.45, 7) is 4.87. The van der Waals surface area contributed by atoms with Gasteiger partial charge in [0.2, 0.25) is 0 Å². The molecule has 0 radical (unpaired) electrons. The highest BCUT2D eigenvalue weighted by atomic mass is 16.5. The van der Waals surface area contributed by atoms with E-state index in [1.165, 1.54) is 25.7 Å². The van der Waals surface area contributed by atoms with Crippen LogP contribution in [0.3, 0.4) is 0 Å². The lowest BCUT2D eigenvalue weighted by molar-refractivity contribution is 0.267. The van der Waals surface area contributed by atoms with E-state index in [4.69, 9.17) is 4.74 Å². The van der Waals surface area contributed by atoms with Gasteiger partial charge in [0.05, 0.1) is 13.2 Å². The monoisotopic (exact) mass is 263 g/mol. The third-order valence-electron chi connectivity index (χ3n) is 4.07. The quantitative estimate of drug-likeness (QED) is 0.824. The van der Waals surface area contributed by atoms with Crippen LogP contribution in [0.5, 0.6) is 5.75 Å². The zero-order valence-electron chi connectivity index (χ0n) is 12.0. The smallest absolute Gasteiger partial charge is 0.124 e. The molecule has 1 fully saturated rings. The van der Waals surface area contributed by atoms with Crippen LogP contribution in [0.4, 0.5) is 5.69 Å². The molecule has 1 aromatic carbocycles. The zero-order chi connectivity index (χ0) is 13.7. The second kappa shape index (κ2) is 6.80. The van der Waals surface area contributed by atoms with Gasteiger partial charge in [0.25, 0.3) is 0 Å². The van der Waals surface area contributed by atoms with Crippen LogP contribution in [0, 0.1) is 5.92 Å². The molecule has 1 saturated carbocycles. The number of aliphatic hydroxyl groups excluding tert-OH is 1. The fourth-order valence-corrected chi connectivity index (χ4v) is 3.02. The summed E-state index contributed by atoms with van der Waals surface area (Å²) in [5.41, 5.74) is 1.95. The van der Waals surface area contributed by atoms with Crippen molar-refractivity contribution in [3.8, 4) is 5.75 Å². The van der Waals surface area contributed by atoms with Crippen molar-refractivity contribution in [3.05, 3.63) is 23.8 Å². The maximum atomic E-state index is 9.42. The van der Waals surface area contributed by atoms with E-state index in [0.717, 1.165) is 22.9 Å². The van der Waals surface area contributed by atoms with Crippen molar-refractivity contribution >= 4 is 5.69 Å². The van der Waals surface area contributed by atoms with Gasteiger partial charge in [-0.05, 0) is 43.9 Å². The lowest BCUT2D eigenvalue weighted by atomic mass is 10.0. The largest absolute Gasteiger partial charge is 0.494 e. The summed E-state index contributed by atoms with van der Waals surface area (Å²) in [7, 11) is 0. The van der Waals surface area contributed by atoms with Crippen LogP contribution in [0.2, 0.25) is 0 Å². The highest BCUT2D eigenvalue weighted by Crippen LogP contribution is 2.32. The molecule has 106 valence electrons. The predicted octanol–water partition coefficient (Wildman–Crippen LogP) is 3.57. The first kappa shape index (κ1) is 14.2. The Morgan fingerprint density at radius 1 is 1.32 bits per heavy atom. The number of ether oxygens (including phenoxy) is 1. The average Bonchev–Trinajstić information content (AvgIpc) is 2.88. The molecule has 0 aliphatic heterocycles. The number of anilines is 1. The SMILES string of the molecule is CCOc1ccc(NC2CCCC2CC)cc1CO. The van der Waals surface area contributed by atoms with Gasteiger partial charge in [-0.1, -0.05) is 19.8 Å². The molecule has 1 aromatic rings. The van der Waals surface area contributed by atoms with Crippen molar-refractivity contribution in [2.45, 2.75) is 52.2 Å². The molecule has 0 saturated heterocycles. The summed E-state index contributed by atoms with van der Waals surface area (Å²) < 4.78 is 5.51. The molecular weight excluding hydrogens is 238 g/mol. The maximum absolute atomic E-state index is 9.42. The van der Waals surface area contributed by atoms with Gasteiger partial charge in [-0.25, -0.2) is 0 Å². The van der Waals surface area contributed by atoms with Gasteiger partial charge in [0.15, 0.2) is 0 Å². The highest BCUT2D eigenvalue weighted by molar-refractivity contribution is 5.51. The van der Waals surface area contributed by atoms with E-state index in [2.05, 4.69) is 18.3 Å². The molecule has 0 heterocycles. The molecule has 3 nitrogen and oxygen atoms in total. The zero-order valence-corrected chi connectivity index (χ0v) is 12.0. The summed E-state index contributed by atoms with van der Waals surface area (Å²) in [4.78, 5) is 0. The van der Waals surface area contributed by atoms with E-state index in [0.29, 0.717) is 12.6 Å². The van der Waals surface area contributed by atoms with Crippen molar-refractivity contribution < 1.29 is 9.84 Å². The number of hydrogen-bond acceptors (Lipinski definition) is 3. The van der Waals surface area contributed by atoms with Gasteiger partial charge < -0.3 is 15.2 Å². The third kappa shape index (κ3) is 3.41. The minimum absolute atomic E-state index is 0.0206. The second-order valence-electron chi connectivity index (χ2n) is 5.26. The molecule has 2 N–H and O–H groups in total. The van der Waals surface area contributed by atoms with Gasteiger partial charge in [-0.2, -0.15) is 0 Å². The first-order chi connectivity index (χ1) is 9.28. The molecule has 0 spiro atoms. The van der Waals surface area contributed by atoms with Gasteiger partial charge in [0.1, 0.15) is 5.75 Å². The standard InChI is InChI=1S/C16H25NO2/c1-3-12-6-5-7-15(12)17-14-8-9-16(19-4-2)13(10-14)11-18/h8-10,12,15,17-18H,3-7,11H2,1-2H3. The molecule has 1 aliphatic rings. The third-order valence-corrected chi connectivity index (χ3v) is 4.07. The Kier molecular flexibility index (Phi) is 5.08. The van der Waals surface area contributed by atoms with Crippen molar-refractivity contribution in [3.63, 3.8) is 0 Å². The Bertz CT molecular complexity index is 406. The molecule has 2 rings (SSSR count). The highest BCUT2D eigenvalue weighted by Gasteiger charge is 2.25. The molecule has 0 aromatic heterocycles. The van der Waals surface area contributed by atoms with Gasteiger partial charge in [0, 0.05) is 17.3 Å². The van der Waals surface area contributed by atoms with Crippen molar-refractivity contribution in [1.82, 2.24) is 0 Å². The lowest BCUT2D eigenvalue weighted by Gasteiger charge is -2.21. The molecule has 0 amide bonds. The number of nitrogens with one attached hydrogen (secondary N) is 1. The molecular formula is C16H25NO2. The Balaban J connectivity index is 2.08. The van der Waals surface area contributed by atoms with E-state index < -0.39 is 0 Å². The van der Waals surface area contributed by atoms with Crippen LogP contribution in [0.15, 0.2) is 18.2 Å². The van der Waals surface area contributed by atoms with E-state index in [1.807, 2.05) is 19.1 Å². The minimum atomic E-state index is 0.0206. The number of hydrogen-bond donors (Lipinski definition) is 2. The van der Waals surface area contributed by atoms with Crippen LogP contribution in [-0.2, 0) is 6.61 Å². The second-order valence-corrected chi connectivity index (χ2v) is 5.26. The fourth-order valence-electron chi connectivity index (χ4n) is 3.02. The Morgan fingerprint density at radius 2 is 2.16 bits per heavy atom. The van der Waals surface area contributed by atoms with Crippen LogP contribution < -0.4 is 10.1 Å². The van der Waals surface area contributed by atoms with Crippen LogP contribution in [-0.4, -0.2) is 17.8 Å². The van der Waals surface area contributed by atoms with Crippen LogP contribution >= 0.6 is 0 Å². The summed E-state index contributed by atoms with van der Waals surface area (Å²) in [6.07, 6.45) is 5.14. The lowest BCUT2D eigenvalue weighted by Crippen LogP contribution is -2.23. The van der Waals surface area contributed by atoms with Crippen molar-refractivity contribution in [2.75, 3.05) is 11.9 Å². The Labute approximate surface area is 116 Å². The summed E-state index contributed by atoms with van der Waals surface area (Å²) >= 11 is 0. The maximum Gasteiger partial charge on any atom is 0.124 e. The van der Waals surface area contributed by atoms with Crippen molar-refractivity contribution in [2.24, 2.45) is 5.92 Å². The molecule has 19 heavy (non-hydrogen) atoms. The summed E-state index contributed by atoms with van der Waals surface area (Å²) in [5, 5.41) is 13.0. The molecule has 2 atom stereocenters. The topological polar surface area (TPSA) is 41.5 Å². The molecule has 2 unspecified atom stereocenters. The fraction of sp³-hybridized carbons (Fsp3) is 0.625. The number of benzene rings is 1. The molecule has 0 bridgehead atoms. The van der Waals surface area contributed by atoms with E-state index in [9.17, 15) is 5.11 Å². The first-order valence-electron chi connectivity index (χ1n) is 7.41. The van der Waals surface area contributed by atoms with Gasteiger partial charge in [-0.3, -0.25) is 0 Å². The minimum Gasteiger partial charge on any atom is -0.494 e. The number of aliphatic hydroxyl groups is 1. The number of rotatable bonds is 6. The van der Waals surface area contributed by atoms with Crippen LogP contribution in [0.1, 0.15) is 45.1 Å². The van der Waals surface area contributed by atoms with Gasteiger partial charge >= 0.3 is 0 Å². The normalized spacial score (nSPS) is 22.5. The summed E-state index contributed by atoms with van der Waals surface area (Å²) in [6, 6.07) is 6.59. The first-order valence-corrected chi connectivity index (χ1v) is 7.41. The van der Waals surface area contributed by atoms with E-state index in [-0.39, 0.29) is 6.61 Å². The average molecular weight is 263 g/mol. The van der Waals surface area contributed by atoms with Crippen LogP contribution in [0.25, 0.3) is 0 Å². The van der Waals surface area contributed by atoms with E-state index in [1.54, 1.807) is 0 Å². The van der Waals surface area contributed by atoms with E-state index >= 15 is 0 Å². The predicted molar refractivity (Wildman–Crippen MR) is 78.6 cm³/mol. The summed E-state index contributed by atoms with van der Waals surface area (Å²) in [5.74, 6) is 1.57. The molecule has 1 aliphatic carbocycles. The van der Waals surface area contributed by atoms with Gasteiger partial charge in [-0.15, -0.1) is 0 Å². The van der Waals surface area contributed by atoms with Crippen molar-refractivity contribution in [1.29, 1.82) is 0 Å². The molecule has 3 heteroatoms.